The van der Waals surface area contributed by atoms with Crippen molar-refractivity contribution < 1.29 is 4.39 Å². The molecule has 0 N–H and O–H groups in total. The van der Waals surface area contributed by atoms with Crippen LogP contribution in [0.3, 0.4) is 0 Å². The van der Waals surface area contributed by atoms with Crippen molar-refractivity contribution >= 4 is 44.0 Å². The van der Waals surface area contributed by atoms with E-state index in [-0.39, 0.29) is 17.3 Å². The van der Waals surface area contributed by atoms with Crippen LogP contribution in [-0.2, 0) is 6.54 Å². The van der Waals surface area contributed by atoms with Gasteiger partial charge in [0.25, 0.3) is 5.56 Å². The Kier molecular flexibility index (Phi) is 6.34. The predicted octanol–water partition coefficient (Wildman–Crippen LogP) is 6.70. The highest BCUT2D eigenvalue weighted by Gasteiger charge is 2.16. The Labute approximate surface area is 210 Å². The highest BCUT2D eigenvalue weighted by atomic mass is 79.9. The summed E-state index contributed by atoms with van der Waals surface area (Å²) in [7, 11) is 0. The van der Waals surface area contributed by atoms with Gasteiger partial charge in [0.2, 0.25) is 0 Å². The summed E-state index contributed by atoms with van der Waals surface area (Å²) in [4.78, 5) is 18.2. The molecule has 2 heterocycles. The molecule has 5 nitrogen and oxygen atoms in total. The molecule has 0 saturated carbocycles. The van der Waals surface area contributed by atoms with Crippen LogP contribution in [0.15, 0.2) is 87.3 Å². The van der Waals surface area contributed by atoms with Gasteiger partial charge in [0.15, 0.2) is 0 Å². The number of hydrogen-bond donors (Lipinski definition) is 0. The normalized spacial score (nSPS) is 12.7. The number of fused-ring (bicyclic) bond motifs is 2. The van der Waals surface area contributed by atoms with E-state index in [2.05, 4.69) is 32.5 Å². The second-order valence-electron chi connectivity index (χ2n) is 8.66. The van der Waals surface area contributed by atoms with Gasteiger partial charge in [-0.25, -0.2) is 9.37 Å². The highest BCUT2D eigenvalue weighted by Crippen LogP contribution is 2.23. The van der Waals surface area contributed by atoms with E-state index < -0.39 is 0 Å². The first-order chi connectivity index (χ1) is 16.9. The Bertz CT molecular complexity index is 1640. The van der Waals surface area contributed by atoms with Gasteiger partial charge < -0.3 is 4.57 Å². The van der Waals surface area contributed by atoms with Crippen LogP contribution in [0.4, 0.5) is 4.39 Å². The van der Waals surface area contributed by atoms with E-state index in [0.717, 1.165) is 32.9 Å². The summed E-state index contributed by atoms with van der Waals surface area (Å²) in [6, 6.07) is 20.1. The first kappa shape index (κ1) is 23.2. The molecule has 0 aliphatic rings. The molecule has 176 valence electrons. The van der Waals surface area contributed by atoms with Crippen molar-refractivity contribution in [3.63, 3.8) is 0 Å². The van der Waals surface area contributed by atoms with E-state index in [9.17, 15) is 9.18 Å². The minimum absolute atomic E-state index is 0.0576. The van der Waals surface area contributed by atoms with Gasteiger partial charge in [0.1, 0.15) is 11.6 Å². The fourth-order valence-electron chi connectivity index (χ4n) is 4.24. The fourth-order valence-corrected chi connectivity index (χ4v) is 4.60. The number of para-hydroxylation sites is 1. The lowest BCUT2D eigenvalue weighted by Gasteiger charge is -2.13. The molecule has 0 saturated heterocycles. The first-order valence-electron chi connectivity index (χ1n) is 11.5. The van der Waals surface area contributed by atoms with Crippen molar-refractivity contribution in [3.05, 3.63) is 111 Å². The zero-order valence-corrected chi connectivity index (χ0v) is 21.0. The molecule has 1 atom stereocenters. The van der Waals surface area contributed by atoms with Crippen LogP contribution >= 0.6 is 15.9 Å². The average molecular weight is 531 g/mol. The standard InChI is InChI=1S/C28H24BrFN4O/c1-3-18(2)27-32-25-12-11-21(29)14-24(25)28(35)34(27)31-15-20-17-33(26-10-5-4-9-23(20)26)16-19-7-6-8-22(30)13-19/h4-15,17-18H,3,16H2,1-2H3/t18-/m1/s1. The van der Waals surface area contributed by atoms with Crippen molar-refractivity contribution in [2.75, 3.05) is 0 Å². The van der Waals surface area contributed by atoms with Crippen molar-refractivity contribution in [2.24, 2.45) is 5.10 Å². The molecule has 3 aromatic carbocycles. The lowest BCUT2D eigenvalue weighted by molar-refractivity contribution is 0.613. The lowest BCUT2D eigenvalue weighted by atomic mass is 10.1. The molecule has 0 aliphatic heterocycles. The number of hydrogen-bond acceptors (Lipinski definition) is 3. The van der Waals surface area contributed by atoms with E-state index >= 15 is 0 Å². The van der Waals surface area contributed by atoms with Gasteiger partial charge in [-0.05, 0) is 48.4 Å². The van der Waals surface area contributed by atoms with Crippen LogP contribution in [0.1, 0.15) is 43.1 Å². The minimum atomic E-state index is -0.256. The quantitative estimate of drug-likeness (QED) is 0.229. The number of rotatable bonds is 6. The summed E-state index contributed by atoms with van der Waals surface area (Å²) >= 11 is 3.45. The summed E-state index contributed by atoms with van der Waals surface area (Å²) in [5.74, 6) is 0.433. The maximum atomic E-state index is 13.7. The van der Waals surface area contributed by atoms with Gasteiger partial charge >= 0.3 is 0 Å². The summed E-state index contributed by atoms with van der Waals surface area (Å²) in [6.45, 7) is 4.63. The van der Waals surface area contributed by atoms with Crippen molar-refractivity contribution in [1.29, 1.82) is 0 Å². The second kappa shape index (κ2) is 9.58. The van der Waals surface area contributed by atoms with Crippen LogP contribution in [0.2, 0.25) is 0 Å². The molecule has 5 rings (SSSR count). The molecule has 0 fully saturated rings. The Balaban J connectivity index is 1.62. The van der Waals surface area contributed by atoms with Crippen LogP contribution in [-0.4, -0.2) is 20.4 Å². The Hall–Kier alpha value is -3.58. The first-order valence-corrected chi connectivity index (χ1v) is 12.3. The van der Waals surface area contributed by atoms with Crippen molar-refractivity contribution in [1.82, 2.24) is 14.2 Å². The predicted molar refractivity (Wildman–Crippen MR) is 143 cm³/mol. The SMILES string of the molecule is CC[C@@H](C)c1nc2ccc(Br)cc2c(=O)n1N=Cc1cn(Cc2cccc(F)c2)c2ccccc12. The Morgan fingerprint density at radius 2 is 1.91 bits per heavy atom. The largest absolute Gasteiger partial charge is 0.342 e. The third kappa shape index (κ3) is 4.56. The van der Waals surface area contributed by atoms with E-state index in [4.69, 9.17) is 4.98 Å². The third-order valence-corrected chi connectivity index (χ3v) is 6.75. The lowest BCUT2D eigenvalue weighted by Crippen LogP contribution is -2.23. The topological polar surface area (TPSA) is 52.2 Å². The zero-order chi connectivity index (χ0) is 24.5. The molecule has 0 unspecified atom stereocenters. The molecule has 0 aliphatic carbocycles. The Morgan fingerprint density at radius 3 is 2.71 bits per heavy atom. The van der Waals surface area contributed by atoms with E-state index in [1.165, 1.54) is 10.7 Å². The smallest absolute Gasteiger partial charge is 0.282 e. The molecule has 7 heteroatoms. The van der Waals surface area contributed by atoms with Gasteiger partial charge in [0.05, 0.1) is 17.1 Å². The number of halogens is 2. The second-order valence-corrected chi connectivity index (χ2v) is 9.58. The van der Waals surface area contributed by atoms with Crippen molar-refractivity contribution in [3.8, 4) is 0 Å². The minimum Gasteiger partial charge on any atom is -0.342 e. The van der Waals surface area contributed by atoms with Gasteiger partial charge in [-0.15, -0.1) is 0 Å². The molecular weight excluding hydrogens is 507 g/mol. The molecule has 0 amide bonds. The maximum absolute atomic E-state index is 13.7. The highest BCUT2D eigenvalue weighted by molar-refractivity contribution is 9.10. The van der Waals surface area contributed by atoms with Crippen LogP contribution < -0.4 is 5.56 Å². The molecule has 35 heavy (non-hydrogen) atoms. The number of benzene rings is 3. The maximum Gasteiger partial charge on any atom is 0.282 e. The van der Waals surface area contributed by atoms with Crippen LogP contribution in [0.25, 0.3) is 21.8 Å². The summed E-state index contributed by atoms with van der Waals surface area (Å²) in [6.07, 6.45) is 4.53. The molecule has 0 bridgehead atoms. The van der Waals surface area contributed by atoms with Crippen molar-refractivity contribution in [2.45, 2.75) is 32.7 Å². The van der Waals surface area contributed by atoms with Gasteiger partial charge in [-0.2, -0.15) is 9.78 Å². The van der Waals surface area contributed by atoms with E-state index in [0.29, 0.717) is 23.3 Å². The molecule has 0 spiro atoms. The number of nitrogens with zero attached hydrogens (tertiary/aromatic N) is 4. The molecule has 0 radical (unpaired) electrons. The van der Waals surface area contributed by atoms with Crippen LogP contribution in [0.5, 0.6) is 0 Å². The average Bonchev–Trinajstić information content (AvgIpc) is 3.20. The zero-order valence-electron chi connectivity index (χ0n) is 19.5. The molecule has 5 aromatic rings. The van der Waals surface area contributed by atoms with E-state index in [1.807, 2.05) is 55.6 Å². The Morgan fingerprint density at radius 1 is 1.09 bits per heavy atom. The monoisotopic (exact) mass is 530 g/mol. The van der Waals surface area contributed by atoms with E-state index in [1.54, 1.807) is 24.4 Å². The van der Waals surface area contributed by atoms with Crippen LogP contribution in [0, 0.1) is 5.82 Å². The third-order valence-electron chi connectivity index (χ3n) is 6.26. The fraction of sp³-hybridized carbons (Fsp3) is 0.179. The summed E-state index contributed by atoms with van der Waals surface area (Å²) in [5, 5.41) is 6.15. The van der Waals surface area contributed by atoms with Gasteiger partial charge in [-0.1, -0.05) is 60.1 Å². The number of aromatic nitrogens is 3. The molecular formula is C28H24BrFN4O. The summed E-state index contributed by atoms with van der Waals surface area (Å²) in [5.41, 5.74) is 3.20. The summed E-state index contributed by atoms with van der Waals surface area (Å²) < 4.78 is 18.0. The molecule has 2 aromatic heterocycles. The van der Waals surface area contributed by atoms with Gasteiger partial charge in [-0.3, -0.25) is 4.79 Å². The van der Waals surface area contributed by atoms with Gasteiger partial charge in [0, 0.05) is 39.6 Å².